The normalized spacial score (nSPS) is 23.9. The second kappa shape index (κ2) is 6.74. The third-order valence-corrected chi connectivity index (χ3v) is 3.91. The first-order valence-corrected chi connectivity index (χ1v) is 7.06. The Balaban J connectivity index is 1.87. The molecule has 0 aliphatic heterocycles. The zero-order valence-electron chi connectivity index (χ0n) is 11.5. The van der Waals surface area contributed by atoms with Crippen molar-refractivity contribution in [3.05, 3.63) is 23.9 Å². The van der Waals surface area contributed by atoms with Crippen LogP contribution >= 0.6 is 0 Å². The monoisotopic (exact) mass is 248 g/mol. The van der Waals surface area contributed by atoms with Gasteiger partial charge in [0, 0.05) is 18.8 Å². The average molecular weight is 248 g/mol. The maximum atomic E-state index is 6.06. The standard InChI is InChI=1S/C15H24N2O/c1-3-12-6-4-8-14(10-12)18-11-13-7-5-9-17-15(13)16-2/h5,7,9,12,14H,3-4,6,8,10-11H2,1-2H3,(H,16,17). The number of pyridine rings is 1. The second-order valence-corrected chi connectivity index (χ2v) is 5.14. The minimum absolute atomic E-state index is 0.439. The van der Waals surface area contributed by atoms with Crippen LogP contribution in [0.15, 0.2) is 18.3 Å². The Bertz CT molecular complexity index is 367. The van der Waals surface area contributed by atoms with E-state index < -0.39 is 0 Å². The molecule has 1 N–H and O–H groups in total. The fourth-order valence-corrected chi connectivity index (χ4v) is 2.75. The molecule has 0 amide bonds. The Hall–Kier alpha value is -1.09. The summed E-state index contributed by atoms with van der Waals surface area (Å²) in [7, 11) is 1.90. The zero-order valence-corrected chi connectivity index (χ0v) is 11.5. The molecule has 18 heavy (non-hydrogen) atoms. The molecule has 2 unspecified atom stereocenters. The van der Waals surface area contributed by atoms with Crippen LogP contribution in [-0.4, -0.2) is 18.1 Å². The van der Waals surface area contributed by atoms with Gasteiger partial charge < -0.3 is 10.1 Å². The smallest absolute Gasteiger partial charge is 0.131 e. The number of nitrogens with zero attached hydrogens (tertiary/aromatic N) is 1. The molecule has 1 aromatic heterocycles. The molecule has 3 heteroatoms. The summed E-state index contributed by atoms with van der Waals surface area (Å²) >= 11 is 0. The number of ether oxygens (including phenoxy) is 1. The van der Waals surface area contributed by atoms with Gasteiger partial charge in [-0.05, 0) is 24.8 Å². The highest BCUT2D eigenvalue weighted by atomic mass is 16.5. The highest BCUT2D eigenvalue weighted by Crippen LogP contribution is 2.29. The molecular formula is C15H24N2O. The molecule has 0 bridgehead atoms. The Morgan fingerprint density at radius 2 is 2.33 bits per heavy atom. The van der Waals surface area contributed by atoms with Gasteiger partial charge >= 0.3 is 0 Å². The van der Waals surface area contributed by atoms with Crippen LogP contribution in [0.3, 0.4) is 0 Å². The zero-order chi connectivity index (χ0) is 12.8. The topological polar surface area (TPSA) is 34.1 Å². The van der Waals surface area contributed by atoms with Crippen LogP contribution in [0, 0.1) is 5.92 Å². The minimum atomic E-state index is 0.439. The van der Waals surface area contributed by atoms with Crippen molar-refractivity contribution < 1.29 is 4.74 Å². The van der Waals surface area contributed by atoms with Crippen LogP contribution in [0.4, 0.5) is 5.82 Å². The molecule has 1 heterocycles. The molecule has 1 saturated carbocycles. The number of nitrogens with one attached hydrogen (secondary N) is 1. The van der Waals surface area contributed by atoms with Gasteiger partial charge in [-0.15, -0.1) is 0 Å². The van der Waals surface area contributed by atoms with Crippen LogP contribution < -0.4 is 5.32 Å². The van der Waals surface area contributed by atoms with E-state index in [4.69, 9.17) is 4.74 Å². The van der Waals surface area contributed by atoms with Crippen molar-refractivity contribution in [3.63, 3.8) is 0 Å². The predicted molar refractivity (Wildman–Crippen MR) is 74.6 cm³/mol. The van der Waals surface area contributed by atoms with Gasteiger partial charge in [-0.3, -0.25) is 0 Å². The van der Waals surface area contributed by atoms with Crippen molar-refractivity contribution in [1.29, 1.82) is 0 Å². The summed E-state index contributed by atoms with van der Waals surface area (Å²) in [5, 5.41) is 3.11. The van der Waals surface area contributed by atoms with E-state index in [1.165, 1.54) is 32.1 Å². The van der Waals surface area contributed by atoms with Crippen molar-refractivity contribution >= 4 is 5.82 Å². The first-order valence-electron chi connectivity index (χ1n) is 7.06. The molecule has 2 atom stereocenters. The Morgan fingerprint density at radius 1 is 1.44 bits per heavy atom. The lowest BCUT2D eigenvalue weighted by Gasteiger charge is -2.28. The SMILES string of the molecule is CCC1CCCC(OCc2cccnc2NC)C1. The van der Waals surface area contributed by atoms with E-state index in [0.717, 1.165) is 17.3 Å². The van der Waals surface area contributed by atoms with Crippen molar-refractivity contribution in [2.45, 2.75) is 51.7 Å². The highest BCUT2D eigenvalue weighted by Gasteiger charge is 2.21. The Labute approximate surface area is 110 Å². The number of rotatable bonds is 5. The second-order valence-electron chi connectivity index (χ2n) is 5.14. The fourth-order valence-electron chi connectivity index (χ4n) is 2.75. The molecule has 1 fully saturated rings. The van der Waals surface area contributed by atoms with E-state index in [1.807, 2.05) is 19.3 Å². The van der Waals surface area contributed by atoms with Crippen LogP contribution in [0.1, 0.15) is 44.6 Å². The average Bonchev–Trinajstić information content (AvgIpc) is 2.45. The number of hydrogen-bond acceptors (Lipinski definition) is 3. The number of hydrogen-bond donors (Lipinski definition) is 1. The third kappa shape index (κ3) is 3.45. The maximum absolute atomic E-state index is 6.06. The van der Waals surface area contributed by atoms with Gasteiger partial charge in [0.15, 0.2) is 0 Å². The van der Waals surface area contributed by atoms with Gasteiger partial charge in [-0.1, -0.05) is 32.3 Å². The molecule has 1 aromatic rings. The Morgan fingerprint density at radius 3 is 3.11 bits per heavy atom. The summed E-state index contributed by atoms with van der Waals surface area (Å²) in [4.78, 5) is 4.30. The molecule has 0 radical (unpaired) electrons. The third-order valence-electron chi connectivity index (χ3n) is 3.91. The molecule has 0 saturated heterocycles. The van der Waals surface area contributed by atoms with Crippen LogP contribution in [0.5, 0.6) is 0 Å². The van der Waals surface area contributed by atoms with Gasteiger partial charge in [0.1, 0.15) is 5.82 Å². The molecule has 0 aromatic carbocycles. The molecule has 1 aliphatic rings. The molecule has 100 valence electrons. The summed E-state index contributed by atoms with van der Waals surface area (Å²) < 4.78 is 6.06. The predicted octanol–water partition coefficient (Wildman–Crippen LogP) is 3.61. The van der Waals surface area contributed by atoms with Gasteiger partial charge in [-0.25, -0.2) is 4.98 Å². The minimum Gasteiger partial charge on any atom is -0.373 e. The number of aromatic nitrogens is 1. The van der Waals surface area contributed by atoms with E-state index in [1.54, 1.807) is 0 Å². The molecular weight excluding hydrogens is 224 g/mol. The fraction of sp³-hybridized carbons (Fsp3) is 0.667. The molecule has 1 aliphatic carbocycles. The summed E-state index contributed by atoms with van der Waals surface area (Å²) in [6.45, 7) is 2.96. The van der Waals surface area contributed by atoms with Gasteiger partial charge in [0.05, 0.1) is 12.7 Å². The van der Waals surface area contributed by atoms with Crippen molar-refractivity contribution in [2.24, 2.45) is 5.92 Å². The molecule has 0 spiro atoms. The molecule has 3 nitrogen and oxygen atoms in total. The van der Waals surface area contributed by atoms with Crippen molar-refractivity contribution in [3.8, 4) is 0 Å². The number of anilines is 1. The first kappa shape index (κ1) is 13.3. The molecule has 2 rings (SSSR count). The van der Waals surface area contributed by atoms with Crippen molar-refractivity contribution in [1.82, 2.24) is 4.98 Å². The van der Waals surface area contributed by atoms with Crippen LogP contribution in [-0.2, 0) is 11.3 Å². The van der Waals surface area contributed by atoms with Crippen molar-refractivity contribution in [2.75, 3.05) is 12.4 Å². The van der Waals surface area contributed by atoms with E-state index in [-0.39, 0.29) is 0 Å². The van der Waals surface area contributed by atoms with Crippen LogP contribution in [0.2, 0.25) is 0 Å². The quantitative estimate of drug-likeness (QED) is 0.864. The largest absolute Gasteiger partial charge is 0.373 e. The first-order chi connectivity index (χ1) is 8.83. The highest BCUT2D eigenvalue weighted by molar-refractivity contribution is 5.42. The van der Waals surface area contributed by atoms with E-state index in [9.17, 15) is 0 Å². The summed E-state index contributed by atoms with van der Waals surface area (Å²) in [5.41, 5.74) is 1.15. The van der Waals surface area contributed by atoms with E-state index >= 15 is 0 Å². The van der Waals surface area contributed by atoms with Crippen LogP contribution in [0.25, 0.3) is 0 Å². The summed E-state index contributed by atoms with van der Waals surface area (Å²) in [6, 6.07) is 4.05. The lowest BCUT2D eigenvalue weighted by Crippen LogP contribution is -2.22. The van der Waals surface area contributed by atoms with E-state index in [2.05, 4.69) is 23.3 Å². The summed E-state index contributed by atoms with van der Waals surface area (Å²) in [5.74, 6) is 1.79. The van der Waals surface area contributed by atoms with Gasteiger partial charge in [0.2, 0.25) is 0 Å². The maximum Gasteiger partial charge on any atom is 0.131 e. The lowest BCUT2D eigenvalue weighted by molar-refractivity contribution is 0.00192. The Kier molecular flexibility index (Phi) is 5.00. The van der Waals surface area contributed by atoms with E-state index in [0.29, 0.717) is 12.7 Å². The lowest BCUT2D eigenvalue weighted by atomic mass is 9.85. The van der Waals surface area contributed by atoms with Gasteiger partial charge in [0.25, 0.3) is 0 Å². The summed E-state index contributed by atoms with van der Waals surface area (Å²) in [6.07, 6.45) is 8.67. The van der Waals surface area contributed by atoms with Gasteiger partial charge in [-0.2, -0.15) is 0 Å².